The zero-order chi connectivity index (χ0) is 17.8. The second-order valence-corrected chi connectivity index (χ2v) is 7.21. The van der Waals surface area contributed by atoms with Gasteiger partial charge in [-0.1, -0.05) is 6.07 Å². The van der Waals surface area contributed by atoms with Gasteiger partial charge in [0.15, 0.2) is 0 Å². The molecule has 0 radical (unpaired) electrons. The third kappa shape index (κ3) is 4.16. The summed E-state index contributed by atoms with van der Waals surface area (Å²) in [5.74, 6) is 0.821. The van der Waals surface area contributed by atoms with E-state index in [-0.39, 0.29) is 11.9 Å². The van der Waals surface area contributed by atoms with Crippen LogP contribution < -0.4 is 5.32 Å². The average molecular weight is 360 g/mol. The van der Waals surface area contributed by atoms with Crippen LogP contribution >= 0.6 is 11.8 Å². The summed E-state index contributed by atoms with van der Waals surface area (Å²) in [6.45, 7) is 1.28. The SMILES string of the molecule is CSc1cccc(NC(=O)N2CCC([C@H](O)c3nccn3C)CC2)c1. The minimum absolute atomic E-state index is 0.0804. The molecule has 0 aliphatic carbocycles. The second-order valence-electron chi connectivity index (χ2n) is 6.33. The molecule has 1 atom stereocenters. The summed E-state index contributed by atoms with van der Waals surface area (Å²) >= 11 is 1.65. The second kappa shape index (κ2) is 7.93. The van der Waals surface area contributed by atoms with Gasteiger partial charge in [-0.15, -0.1) is 11.8 Å². The molecule has 1 aliphatic rings. The third-order valence-corrected chi connectivity index (χ3v) is 5.44. The van der Waals surface area contributed by atoms with E-state index in [1.165, 1.54) is 0 Å². The van der Waals surface area contributed by atoms with Gasteiger partial charge in [0.05, 0.1) is 0 Å². The third-order valence-electron chi connectivity index (χ3n) is 4.72. The fourth-order valence-electron chi connectivity index (χ4n) is 3.19. The van der Waals surface area contributed by atoms with Crippen molar-refractivity contribution < 1.29 is 9.90 Å². The van der Waals surface area contributed by atoms with Crippen LogP contribution in [0.1, 0.15) is 24.8 Å². The largest absolute Gasteiger partial charge is 0.385 e. The molecule has 0 bridgehead atoms. The molecule has 2 amide bonds. The summed E-state index contributed by atoms with van der Waals surface area (Å²) in [6.07, 6.45) is 6.51. The highest BCUT2D eigenvalue weighted by molar-refractivity contribution is 7.98. The summed E-state index contributed by atoms with van der Waals surface area (Å²) < 4.78 is 1.85. The van der Waals surface area contributed by atoms with Gasteiger partial charge in [0.1, 0.15) is 11.9 Å². The van der Waals surface area contributed by atoms with Gasteiger partial charge < -0.3 is 19.9 Å². The summed E-state index contributed by atoms with van der Waals surface area (Å²) in [5, 5.41) is 13.5. The smallest absolute Gasteiger partial charge is 0.321 e. The Morgan fingerprint density at radius 3 is 2.80 bits per heavy atom. The van der Waals surface area contributed by atoms with Crippen molar-refractivity contribution in [3.63, 3.8) is 0 Å². The first-order valence-corrected chi connectivity index (χ1v) is 9.66. The van der Waals surface area contributed by atoms with Gasteiger partial charge in [0.25, 0.3) is 0 Å². The maximum absolute atomic E-state index is 12.5. The Kier molecular flexibility index (Phi) is 5.65. The number of nitrogens with one attached hydrogen (secondary N) is 1. The minimum Gasteiger partial charge on any atom is -0.385 e. The van der Waals surface area contributed by atoms with Crippen LogP contribution in [0.2, 0.25) is 0 Å². The van der Waals surface area contributed by atoms with Crippen molar-refractivity contribution in [1.82, 2.24) is 14.5 Å². The Labute approximate surface area is 152 Å². The first-order chi connectivity index (χ1) is 12.1. The summed E-state index contributed by atoms with van der Waals surface area (Å²) in [7, 11) is 1.89. The number of hydrogen-bond acceptors (Lipinski definition) is 4. The highest BCUT2D eigenvalue weighted by atomic mass is 32.2. The molecule has 1 saturated heterocycles. The molecule has 0 saturated carbocycles. The molecule has 0 spiro atoms. The first-order valence-electron chi connectivity index (χ1n) is 8.43. The van der Waals surface area contributed by atoms with Crippen molar-refractivity contribution in [3.05, 3.63) is 42.5 Å². The molecule has 25 heavy (non-hydrogen) atoms. The molecule has 7 heteroatoms. The van der Waals surface area contributed by atoms with Crippen LogP contribution in [0.15, 0.2) is 41.6 Å². The zero-order valence-corrected chi connectivity index (χ0v) is 15.4. The number of aryl methyl sites for hydroxylation is 1. The monoisotopic (exact) mass is 360 g/mol. The lowest BCUT2D eigenvalue weighted by Crippen LogP contribution is -2.42. The lowest BCUT2D eigenvalue weighted by Gasteiger charge is -2.34. The maximum atomic E-state index is 12.5. The molecule has 2 aromatic rings. The Morgan fingerprint density at radius 2 is 2.16 bits per heavy atom. The number of aliphatic hydroxyl groups is 1. The summed E-state index contributed by atoms with van der Waals surface area (Å²) in [5.41, 5.74) is 0.812. The number of rotatable bonds is 4. The normalized spacial score (nSPS) is 16.7. The molecule has 134 valence electrons. The highest BCUT2D eigenvalue weighted by Gasteiger charge is 2.30. The van der Waals surface area contributed by atoms with E-state index < -0.39 is 6.10 Å². The zero-order valence-electron chi connectivity index (χ0n) is 14.6. The summed E-state index contributed by atoms with van der Waals surface area (Å²) in [4.78, 5) is 19.6. The quantitative estimate of drug-likeness (QED) is 0.822. The van der Waals surface area contributed by atoms with Crippen LogP contribution in [0, 0.1) is 5.92 Å². The van der Waals surface area contributed by atoms with E-state index in [0.717, 1.165) is 23.4 Å². The number of hydrogen-bond donors (Lipinski definition) is 2. The van der Waals surface area contributed by atoms with Gasteiger partial charge in [-0.2, -0.15) is 0 Å². The molecular formula is C18H24N4O2S. The molecule has 2 heterocycles. The van der Waals surface area contributed by atoms with E-state index in [2.05, 4.69) is 10.3 Å². The van der Waals surface area contributed by atoms with E-state index in [1.54, 1.807) is 18.0 Å². The first kappa shape index (κ1) is 17.8. The molecule has 0 unspecified atom stereocenters. The van der Waals surface area contributed by atoms with Gasteiger partial charge >= 0.3 is 6.03 Å². The Hall–Kier alpha value is -1.99. The van der Waals surface area contributed by atoms with E-state index >= 15 is 0 Å². The lowest BCUT2D eigenvalue weighted by atomic mass is 9.91. The number of thioether (sulfide) groups is 1. The molecule has 6 nitrogen and oxygen atoms in total. The standard InChI is InChI=1S/C18H24N4O2S/c1-21-11-8-19-17(21)16(23)13-6-9-22(10-7-13)18(24)20-14-4-3-5-15(12-14)25-2/h3-5,8,11-13,16,23H,6-7,9-10H2,1-2H3,(H,20,24)/t16-/m0/s1. The van der Waals surface area contributed by atoms with Gasteiger partial charge in [0.2, 0.25) is 0 Å². The Bertz CT molecular complexity index is 725. The van der Waals surface area contributed by atoms with Gasteiger partial charge in [0, 0.05) is 43.1 Å². The fraction of sp³-hybridized carbons (Fsp3) is 0.444. The number of carbonyl (C=O) groups excluding carboxylic acids is 1. The van der Waals surface area contributed by atoms with Crippen molar-refractivity contribution in [2.45, 2.75) is 23.8 Å². The predicted molar refractivity (Wildman–Crippen MR) is 99.7 cm³/mol. The van der Waals surface area contributed by atoms with Crippen LogP contribution in [0.4, 0.5) is 10.5 Å². The number of aromatic nitrogens is 2. The fourth-order valence-corrected chi connectivity index (χ4v) is 3.65. The lowest BCUT2D eigenvalue weighted by molar-refractivity contribution is 0.0600. The number of urea groups is 1. The number of amides is 2. The van der Waals surface area contributed by atoms with Crippen LogP contribution in [-0.4, -0.2) is 44.9 Å². The number of imidazole rings is 1. The number of likely N-dealkylation sites (tertiary alicyclic amines) is 1. The topological polar surface area (TPSA) is 70.4 Å². The van der Waals surface area contributed by atoms with Crippen LogP contribution in [-0.2, 0) is 7.05 Å². The molecule has 1 aromatic heterocycles. The number of anilines is 1. The molecule has 2 N–H and O–H groups in total. The predicted octanol–water partition coefficient (Wildman–Crippen LogP) is 3.12. The van der Waals surface area contributed by atoms with Crippen molar-refractivity contribution in [2.75, 3.05) is 24.7 Å². The summed E-state index contributed by atoms with van der Waals surface area (Å²) in [6, 6.07) is 7.75. The average Bonchev–Trinajstić information content (AvgIpc) is 3.07. The van der Waals surface area contributed by atoms with E-state index in [4.69, 9.17) is 0 Å². The van der Waals surface area contributed by atoms with Crippen LogP contribution in [0.3, 0.4) is 0 Å². The van der Waals surface area contributed by atoms with E-state index in [0.29, 0.717) is 18.9 Å². The van der Waals surface area contributed by atoms with E-state index in [9.17, 15) is 9.90 Å². The number of nitrogens with zero attached hydrogens (tertiary/aromatic N) is 3. The number of carbonyl (C=O) groups is 1. The number of piperidine rings is 1. The number of aliphatic hydroxyl groups excluding tert-OH is 1. The molecule has 1 aromatic carbocycles. The van der Waals surface area contributed by atoms with Gasteiger partial charge in [-0.3, -0.25) is 0 Å². The highest BCUT2D eigenvalue weighted by Crippen LogP contribution is 2.30. The molecule has 1 aliphatic heterocycles. The van der Waals surface area contributed by atoms with Gasteiger partial charge in [-0.05, 0) is 43.2 Å². The number of benzene rings is 1. The van der Waals surface area contributed by atoms with E-state index in [1.807, 2.05) is 53.2 Å². The van der Waals surface area contributed by atoms with Crippen LogP contribution in [0.25, 0.3) is 0 Å². The molecular weight excluding hydrogens is 336 g/mol. The Balaban J connectivity index is 1.54. The molecule has 1 fully saturated rings. The van der Waals surface area contributed by atoms with Crippen molar-refractivity contribution in [2.24, 2.45) is 13.0 Å². The van der Waals surface area contributed by atoms with Crippen molar-refractivity contribution >= 4 is 23.5 Å². The van der Waals surface area contributed by atoms with Crippen molar-refractivity contribution in [3.8, 4) is 0 Å². The van der Waals surface area contributed by atoms with Gasteiger partial charge in [-0.25, -0.2) is 9.78 Å². The van der Waals surface area contributed by atoms with Crippen LogP contribution in [0.5, 0.6) is 0 Å². The molecule has 3 rings (SSSR count). The Morgan fingerprint density at radius 1 is 1.40 bits per heavy atom. The van der Waals surface area contributed by atoms with Crippen molar-refractivity contribution in [1.29, 1.82) is 0 Å². The minimum atomic E-state index is -0.580. The maximum Gasteiger partial charge on any atom is 0.321 e.